The lowest BCUT2D eigenvalue weighted by Gasteiger charge is -2.34. The van der Waals surface area contributed by atoms with Crippen LogP contribution in [0.15, 0.2) is 10.5 Å². The van der Waals surface area contributed by atoms with Gasteiger partial charge in [-0.3, -0.25) is 18.1 Å². The van der Waals surface area contributed by atoms with Gasteiger partial charge < -0.3 is 21.4 Å². The van der Waals surface area contributed by atoms with E-state index in [1.807, 2.05) is 6.92 Å². The van der Waals surface area contributed by atoms with Crippen molar-refractivity contribution in [2.75, 3.05) is 12.8 Å². The maximum absolute atomic E-state index is 11.2. The lowest BCUT2D eigenvalue weighted by Crippen LogP contribution is -2.45. The normalized spacial score (nSPS) is 16.9. The zero-order chi connectivity index (χ0) is 20.8. The Bertz CT molecular complexity index is 735. The Balaban J connectivity index is 0.000000337. The highest BCUT2D eigenvalue weighted by Crippen LogP contribution is 2.26. The summed E-state index contributed by atoms with van der Waals surface area (Å²) < 4.78 is 6.33. The van der Waals surface area contributed by atoms with Crippen molar-refractivity contribution in [2.45, 2.75) is 38.8 Å². The standard InChI is InChI=1S/C9H12N4O4S.C5H9NO2S/c1-9(2,7(15)16)17-13-5(6(10)14)4-3-18-8(11)12-4;1-4-3-5(7)6(4)9-8-2/h3H,1-2H3,(H2,10,14)(H2,11,12)(H,15,16);4H,3H2,1-2H3/b13-5-;. The molecule has 1 saturated heterocycles. The van der Waals surface area contributed by atoms with E-state index in [0.29, 0.717) is 12.5 Å². The van der Waals surface area contributed by atoms with Crippen LogP contribution in [0, 0.1) is 0 Å². The van der Waals surface area contributed by atoms with Gasteiger partial charge in [-0.25, -0.2) is 9.78 Å². The van der Waals surface area contributed by atoms with E-state index in [0.717, 1.165) is 23.6 Å². The number of hydrogen-bond donors (Lipinski definition) is 3. The van der Waals surface area contributed by atoms with Crippen molar-refractivity contribution in [3.05, 3.63) is 11.1 Å². The van der Waals surface area contributed by atoms with E-state index in [9.17, 15) is 14.4 Å². The van der Waals surface area contributed by atoms with Crippen molar-refractivity contribution in [3.8, 4) is 0 Å². The number of aliphatic carboxylic acids is 1. The van der Waals surface area contributed by atoms with Crippen molar-refractivity contribution < 1.29 is 28.5 Å². The fraction of sp³-hybridized carbons (Fsp3) is 0.500. The average Bonchev–Trinajstić information content (AvgIpc) is 2.99. The molecule has 1 aliphatic rings. The largest absolute Gasteiger partial charge is 0.478 e. The van der Waals surface area contributed by atoms with Gasteiger partial charge in [0.25, 0.3) is 5.91 Å². The molecule has 0 aliphatic carbocycles. The first-order chi connectivity index (χ1) is 12.5. The molecule has 1 unspecified atom stereocenters. The molecule has 11 nitrogen and oxygen atoms in total. The smallest absolute Gasteiger partial charge is 0.350 e. The van der Waals surface area contributed by atoms with Crippen LogP contribution in [0.5, 0.6) is 0 Å². The minimum Gasteiger partial charge on any atom is -0.478 e. The van der Waals surface area contributed by atoms with Gasteiger partial charge in [-0.1, -0.05) is 5.16 Å². The third kappa shape index (κ3) is 6.37. The van der Waals surface area contributed by atoms with Crippen LogP contribution in [0.3, 0.4) is 0 Å². The van der Waals surface area contributed by atoms with Crippen molar-refractivity contribution in [2.24, 2.45) is 10.9 Å². The molecule has 13 heteroatoms. The van der Waals surface area contributed by atoms with E-state index >= 15 is 0 Å². The van der Waals surface area contributed by atoms with Crippen LogP contribution in [0.1, 0.15) is 32.9 Å². The van der Waals surface area contributed by atoms with E-state index < -0.39 is 17.5 Å². The molecule has 1 atom stereocenters. The van der Waals surface area contributed by atoms with E-state index in [1.54, 1.807) is 11.4 Å². The third-order valence-corrected chi connectivity index (χ3v) is 4.70. The van der Waals surface area contributed by atoms with Crippen LogP contribution in [-0.2, 0) is 23.4 Å². The third-order valence-electron chi connectivity index (χ3n) is 3.15. The van der Waals surface area contributed by atoms with E-state index in [1.165, 1.54) is 19.2 Å². The van der Waals surface area contributed by atoms with Gasteiger partial charge in [0.05, 0.1) is 13.2 Å². The first-order valence-electron chi connectivity index (χ1n) is 7.53. The van der Waals surface area contributed by atoms with E-state index in [4.69, 9.17) is 25.6 Å². The number of thiazole rings is 1. The molecule has 150 valence electrons. The van der Waals surface area contributed by atoms with Crippen molar-refractivity contribution in [3.63, 3.8) is 0 Å². The quantitative estimate of drug-likeness (QED) is 0.188. The maximum Gasteiger partial charge on any atom is 0.350 e. The molecule has 0 aromatic carbocycles. The number of anilines is 1. The summed E-state index contributed by atoms with van der Waals surface area (Å²) in [5, 5.41) is 14.0. The van der Waals surface area contributed by atoms with Crippen LogP contribution in [0.2, 0.25) is 0 Å². The predicted molar refractivity (Wildman–Crippen MR) is 101 cm³/mol. The van der Waals surface area contributed by atoms with Gasteiger partial charge in [-0.05, 0) is 20.8 Å². The molecule has 2 heterocycles. The van der Waals surface area contributed by atoms with E-state index in [2.05, 4.69) is 10.1 Å². The number of carbonyl (C=O) groups is 3. The zero-order valence-corrected chi connectivity index (χ0v) is 16.8. The Morgan fingerprint density at radius 3 is 2.48 bits per heavy atom. The predicted octanol–water partition coefficient (Wildman–Crippen LogP) is 0.611. The molecule has 0 saturated carbocycles. The van der Waals surface area contributed by atoms with Gasteiger partial charge in [0.2, 0.25) is 11.5 Å². The number of oxime groups is 1. The molecule has 0 radical (unpaired) electrons. The number of amides is 2. The average molecular weight is 419 g/mol. The second-order valence-corrected chi connectivity index (χ2v) is 7.56. The zero-order valence-electron chi connectivity index (χ0n) is 15.2. The summed E-state index contributed by atoms with van der Waals surface area (Å²) in [4.78, 5) is 41.2. The molecule has 2 rings (SSSR count). The number of primary amides is 1. The van der Waals surface area contributed by atoms with Gasteiger partial charge in [-0.2, -0.15) is 0 Å². The van der Waals surface area contributed by atoms with Crippen molar-refractivity contribution >= 4 is 52.2 Å². The van der Waals surface area contributed by atoms with Gasteiger partial charge in [-0.15, -0.1) is 11.3 Å². The molecule has 1 aromatic rings. The summed E-state index contributed by atoms with van der Waals surface area (Å²) in [6.07, 6.45) is 0.663. The molecule has 0 spiro atoms. The second kappa shape index (κ2) is 9.53. The minimum atomic E-state index is -1.58. The Kier molecular flexibility index (Phi) is 7.99. The monoisotopic (exact) mass is 419 g/mol. The Labute approximate surface area is 164 Å². The van der Waals surface area contributed by atoms with Crippen LogP contribution in [-0.4, -0.2) is 56.6 Å². The number of nitrogens with two attached hydrogens (primary N) is 2. The van der Waals surface area contributed by atoms with Gasteiger partial charge in [0, 0.05) is 11.8 Å². The fourth-order valence-electron chi connectivity index (χ4n) is 1.57. The molecule has 1 aliphatic heterocycles. The first-order valence-corrected chi connectivity index (χ1v) is 9.11. The number of nitrogens with zero attached hydrogens (tertiary/aromatic N) is 3. The lowest BCUT2D eigenvalue weighted by atomic mass is 10.1. The summed E-state index contributed by atoms with van der Waals surface area (Å²) in [6.45, 7) is 4.56. The SMILES string of the molecule is CC(C)(O/N=C(\C(N)=O)c1csc(N)n1)C(=O)O.COSN1C(=O)CC1C. The summed E-state index contributed by atoms with van der Waals surface area (Å²) in [7, 11) is 1.56. The number of β-lactam (4-membered cyclic amide) rings is 1. The molecular formula is C14H21N5O6S2. The lowest BCUT2D eigenvalue weighted by molar-refractivity contribution is -0.161. The number of hydrogen-bond acceptors (Lipinski definition) is 10. The van der Waals surface area contributed by atoms with Crippen LogP contribution >= 0.6 is 23.6 Å². The van der Waals surface area contributed by atoms with Crippen molar-refractivity contribution in [1.82, 2.24) is 9.29 Å². The van der Waals surface area contributed by atoms with Crippen molar-refractivity contribution in [1.29, 1.82) is 0 Å². The van der Waals surface area contributed by atoms with Crippen LogP contribution in [0.4, 0.5) is 5.13 Å². The minimum absolute atomic E-state index is 0.145. The topological polar surface area (TPSA) is 170 Å². The number of nitrogen functional groups attached to an aromatic ring is 1. The molecule has 1 fully saturated rings. The Morgan fingerprint density at radius 1 is 1.52 bits per heavy atom. The first kappa shape index (κ1) is 22.7. The highest BCUT2D eigenvalue weighted by atomic mass is 32.2. The molecule has 27 heavy (non-hydrogen) atoms. The number of carboxylic acid groups (broad SMARTS) is 1. The Morgan fingerprint density at radius 2 is 2.15 bits per heavy atom. The summed E-state index contributed by atoms with van der Waals surface area (Å²) in [5.74, 6) is -1.95. The number of carboxylic acids is 1. The molecule has 1 aromatic heterocycles. The second-order valence-electron chi connectivity index (χ2n) is 5.80. The highest BCUT2D eigenvalue weighted by molar-refractivity contribution is 7.92. The number of aromatic nitrogens is 1. The van der Waals surface area contributed by atoms with Crippen LogP contribution in [0.25, 0.3) is 0 Å². The van der Waals surface area contributed by atoms with Gasteiger partial charge >= 0.3 is 5.97 Å². The molecular weight excluding hydrogens is 398 g/mol. The Hall–Kier alpha value is -2.38. The maximum atomic E-state index is 11.2. The molecule has 2 amide bonds. The summed E-state index contributed by atoms with van der Waals surface area (Å²) in [6, 6.07) is 0.349. The molecule has 0 bridgehead atoms. The summed E-state index contributed by atoms with van der Waals surface area (Å²) >= 11 is 2.21. The van der Waals surface area contributed by atoms with Gasteiger partial charge in [0.1, 0.15) is 17.9 Å². The number of carbonyl (C=O) groups excluding carboxylic acids is 2. The highest BCUT2D eigenvalue weighted by Gasteiger charge is 2.33. The van der Waals surface area contributed by atoms with Crippen LogP contribution < -0.4 is 11.5 Å². The number of rotatable bonds is 7. The molecule has 5 N–H and O–H groups in total. The van der Waals surface area contributed by atoms with Gasteiger partial charge in [0.15, 0.2) is 10.8 Å². The van der Waals surface area contributed by atoms with E-state index in [-0.39, 0.29) is 22.4 Å². The summed E-state index contributed by atoms with van der Waals surface area (Å²) in [5.41, 5.74) is 8.81. The fourth-order valence-corrected chi connectivity index (χ4v) is 2.65.